The number of anilines is 1. The van der Waals surface area contributed by atoms with Crippen molar-refractivity contribution in [2.75, 3.05) is 18.4 Å². The number of benzene rings is 3. The maximum absolute atomic E-state index is 6.66. The summed E-state index contributed by atoms with van der Waals surface area (Å²) in [6.07, 6.45) is 0. The van der Waals surface area contributed by atoms with Crippen molar-refractivity contribution in [3.05, 3.63) is 69.0 Å². The standard InChI is InChI=1S/C25H24Cl2N2O/c1-5-28-20-12-22-16(10-14(20)3)24(25-18(26)8-7-9-19(25)27)17-11-15(4)21(29-6-2)13-23(17)30-22/h7-13,28H,5-6H2,1-4H3/b29-21-. The lowest BCUT2D eigenvalue weighted by Crippen LogP contribution is -2.09. The third-order valence-electron chi connectivity index (χ3n) is 5.29. The highest BCUT2D eigenvalue weighted by molar-refractivity contribution is 6.40. The highest BCUT2D eigenvalue weighted by Gasteiger charge is 2.22. The van der Waals surface area contributed by atoms with Crippen molar-refractivity contribution in [1.29, 1.82) is 0 Å². The summed E-state index contributed by atoms with van der Waals surface area (Å²) in [5, 5.41) is 6.56. The normalized spacial score (nSPS) is 12.1. The van der Waals surface area contributed by atoms with Gasteiger partial charge in [-0.05, 0) is 63.1 Å². The van der Waals surface area contributed by atoms with E-state index in [1.54, 1.807) is 0 Å². The minimum absolute atomic E-state index is 0.615. The van der Waals surface area contributed by atoms with Crippen molar-refractivity contribution in [3.8, 4) is 22.5 Å². The summed E-state index contributed by atoms with van der Waals surface area (Å²) in [5.41, 5.74) is 6.83. The summed E-state index contributed by atoms with van der Waals surface area (Å²) in [6.45, 7) is 9.82. The third kappa shape index (κ3) is 3.57. The second kappa shape index (κ2) is 8.33. The summed E-state index contributed by atoms with van der Waals surface area (Å²) in [7, 11) is 0. The van der Waals surface area contributed by atoms with Crippen molar-refractivity contribution in [1.82, 2.24) is 0 Å². The second-order valence-corrected chi connectivity index (χ2v) is 8.19. The largest absolute Gasteiger partial charge is 0.456 e. The van der Waals surface area contributed by atoms with Crippen LogP contribution in [0.3, 0.4) is 0 Å². The molecule has 0 aromatic heterocycles. The molecule has 154 valence electrons. The Morgan fingerprint density at radius 2 is 1.67 bits per heavy atom. The van der Waals surface area contributed by atoms with Gasteiger partial charge in [-0.2, -0.15) is 0 Å². The Hall–Kier alpha value is -2.49. The lowest BCUT2D eigenvalue weighted by molar-refractivity contribution is 0.618. The van der Waals surface area contributed by atoms with Crippen LogP contribution in [0.2, 0.25) is 10.0 Å². The fraction of sp³-hybridized carbons (Fsp3) is 0.240. The molecule has 0 radical (unpaired) electrons. The maximum Gasteiger partial charge on any atom is 0.137 e. The van der Waals surface area contributed by atoms with Gasteiger partial charge in [0.05, 0.1) is 5.36 Å². The molecule has 0 unspecified atom stereocenters. The minimum atomic E-state index is 0.615. The first-order valence-corrected chi connectivity index (χ1v) is 10.9. The molecule has 1 aliphatic carbocycles. The van der Waals surface area contributed by atoms with Crippen LogP contribution in [-0.2, 0) is 0 Å². The van der Waals surface area contributed by atoms with Gasteiger partial charge in [0.1, 0.15) is 11.3 Å². The molecule has 3 nitrogen and oxygen atoms in total. The summed E-state index contributed by atoms with van der Waals surface area (Å²) in [5.74, 6) is 0.762. The second-order valence-electron chi connectivity index (χ2n) is 7.38. The van der Waals surface area contributed by atoms with Crippen LogP contribution >= 0.6 is 23.2 Å². The molecule has 0 spiro atoms. The molecule has 1 aliphatic heterocycles. The fourth-order valence-corrected chi connectivity index (χ4v) is 4.50. The van der Waals surface area contributed by atoms with Crippen LogP contribution in [0.1, 0.15) is 25.0 Å². The smallest absolute Gasteiger partial charge is 0.137 e. The summed E-state index contributed by atoms with van der Waals surface area (Å²) in [4.78, 5) is 4.61. The van der Waals surface area contributed by atoms with Crippen LogP contribution in [0.25, 0.3) is 33.4 Å². The van der Waals surface area contributed by atoms with Crippen molar-refractivity contribution in [3.63, 3.8) is 0 Å². The molecule has 4 rings (SSSR count). The molecular formula is C25H24Cl2N2O. The van der Waals surface area contributed by atoms with Gasteiger partial charge in [-0.1, -0.05) is 29.3 Å². The molecule has 0 saturated carbocycles. The highest BCUT2D eigenvalue weighted by Crippen LogP contribution is 2.46. The number of halogens is 2. The van der Waals surface area contributed by atoms with E-state index in [9.17, 15) is 0 Å². The van der Waals surface area contributed by atoms with Gasteiger partial charge in [-0.25, -0.2) is 0 Å². The van der Waals surface area contributed by atoms with Gasteiger partial charge in [0.2, 0.25) is 0 Å². The molecule has 1 heterocycles. The van der Waals surface area contributed by atoms with Crippen LogP contribution in [0.15, 0.2) is 51.9 Å². The number of rotatable bonds is 4. The van der Waals surface area contributed by atoms with Gasteiger partial charge in [-0.3, -0.25) is 4.99 Å². The van der Waals surface area contributed by atoms with E-state index in [4.69, 9.17) is 27.6 Å². The van der Waals surface area contributed by atoms with Crippen molar-refractivity contribution in [2.24, 2.45) is 4.99 Å². The van der Waals surface area contributed by atoms with E-state index >= 15 is 0 Å². The Bertz CT molecular complexity index is 1270. The molecule has 1 N–H and O–H groups in total. The molecule has 0 fully saturated rings. The monoisotopic (exact) mass is 438 g/mol. The zero-order valence-electron chi connectivity index (χ0n) is 17.6. The molecule has 2 aromatic rings. The number of hydrogen-bond acceptors (Lipinski definition) is 3. The molecule has 0 bridgehead atoms. The molecule has 5 heteroatoms. The lowest BCUT2D eigenvalue weighted by atomic mass is 9.91. The number of nitrogens with one attached hydrogen (secondary N) is 1. The van der Waals surface area contributed by atoms with E-state index < -0.39 is 0 Å². The van der Waals surface area contributed by atoms with E-state index in [1.165, 1.54) is 0 Å². The SMILES string of the molecule is CC/N=c1/cc2oc3cc(NCC)c(C)cc3c(-c3c(Cl)cccc3Cl)c-2cc1C. The summed E-state index contributed by atoms with van der Waals surface area (Å²) in [6, 6.07) is 13.9. The van der Waals surface area contributed by atoms with Crippen molar-refractivity contribution in [2.45, 2.75) is 27.7 Å². The van der Waals surface area contributed by atoms with Gasteiger partial charge in [0.15, 0.2) is 0 Å². The quantitative estimate of drug-likeness (QED) is 0.335. The summed E-state index contributed by atoms with van der Waals surface area (Å²) >= 11 is 13.3. The van der Waals surface area contributed by atoms with Crippen LogP contribution in [0.4, 0.5) is 5.69 Å². The molecule has 2 aliphatic rings. The zero-order chi connectivity index (χ0) is 21.4. The van der Waals surface area contributed by atoms with Gasteiger partial charge in [0, 0.05) is 63.0 Å². The van der Waals surface area contributed by atoms with Gasteiger partial charge in [-0.15, -0.1) is 0 Å². The van der Waals surface area contributed by atoms with E-state index in [0.29, 0.717) is 16.6 Å². The number of hydrogen-bond donors (Lipinski definition) is 1. The van der Waals surface area contributed by atoms with Crippen LogP contribution < -0.4 is 10.7 Å². The molecule has 0 amide bonds. The Morgan fingerprint density at radius 3 is 2.33 bits per heavy atom. The Labute approximate surface area is 186 Å². The van der Waals surface area contributed by atoms with Gasteiger partial charge in [0.25, 0.3) is 0 Å². The average molecular weight is 439 g/mol. The zero-order valence-corrected chi connectivity index (χ0v) is 19.1. The maximum atomic E-state index is 6.66. The summed E-state index contributed by atoms with van der Waals surface area (Å²) < 4.78 is 6.39. The average Bonchev–Trinajstić information content (AvgIpc) is 2.70. The Balaban J connectivity index is 2.21. The lowest BCUT2D eigenvalue weighted by Gasteiger charge is -2.19. The first-order valence-electron chi connectivity index (χ1n) is 10.1. The van der Waals surface area contributed by atoms with Crippen LogP contribution in [0.5, 0.6) is 0 Å². The third-order valence-corrected chi connectivity index (χ3v) is 5.92. The Morgan fingerprint density at radius 1 is 0.933 bits per heavy atom. The van der Waals surface area contributed by atoms with Crippen molar-refractivity contribution < 1.29 is 4.42 Å². The Kier molecular flexibility index (Phi) is 5.77. The van der Waals surface area contributed by atoms with Crippen LogP contribution in [0, 0.1) is 13.8 Å². The highest BCUT2D eigenvalue weighted by atomic mass is 35.5. The van der Waals surface area contributed by atoms with Gasteiger partial charge < -0.3 is 9.73 Å². The number of aryl methyl sites for hydroxylation is 2. The molecule has 2 aromatic carbocycles. The molecule has 0 saturated heterocycles. The van der Waals surface area contributed by atoms with E-state index in [1.807, 2.05) is 31.2 Å². The van der Waals surface area contributed by atoms with Crippen molar-refractivity contribution >= 4 is 39.9 Å². The molecular weight excluding hydrogens is 415 g/mol. The van der Waals surface area contributed by atoms with Crippen LogP contribution in [-0.4, -0.2) is 13.1 Å². The number of nitrogens with zero attached hydrogens (tertiary/aromatic N) is 1. The van der Waals surface area contributed by atoms with E-state index in [2.05, 4.69) is 49.3 Å². The first kappa shape index (κ1) is 20.8. The predicted octanol–water partition coefficient (Wildman–Crippen LogP) is 7.48. The van der Waals surface area contributed by atoms with Gasteiger partial charge >= 0.3 is 0 Å². The van der Waals surface area contributed by atoms with E-state index in [-0.39, 0.29) is 0 Å². The molecule has 0 atom stereocenters. The first-order chi connectivity index (χ1) is 14.4. The van der Waals surface area contributed by atoms with E-state index in [0.717, 1.165) is 62.1 Å². The predicted molar refractivity (Wildman–Crippen MR) is 128 cm³/mol. The minimum Gasteiger partial charge on any atom is -0.456 e. The topological polar surface area (TPSA) is 37.5 Å². The number of fused-ring (bicyclic) bond motifs is 2. The fourth-order valence-electron chi connectivity index (χ4n) is 3.92. The molecule has 30 heavy (non-hydrogen) atoms.